The molecule has 0 atom stereocenters. The number of rotatable bonds is 2. The Morgan fingerprint density at radius 1 is 0.885 bits per heavy atom. The van der Waals surface area contributed by atoms with Crippen LogP contribution in [-0.4, -0.2) is 9.97 Å². The first-order chi connectivity index (χ1) is 12.5. The second-order valence-electron chi connectivity index (χ2n) is 6.90. The molecule has 3 nitrogen and oxygen atoms in total. The molecule has 0 spiro atoms. The summed E-state index contributed by atoms with van der Waals surface area (Å²) < 4.78 is 2.21. The van der Waals surface area contributed by atoms with Crippen LogP contribution in [0.1, 0.15) is 16.7 Å². The van der Waals surface area contributed by atoms with E-state index in [1.165, 1.54) is 38.7 Å². The first kappa shape index (κ1) is 16.4. The zero-order valence-electron chi connectivity index (χ0n) is 15.6. The molecule has 4 rings (SSSR count). The van der Waals surface area contributed by atoms with Gasteiger partial charge in [0.05, 0.1) is 10.9 Å². The summed E-state index contributed by atoms with van der Waals surface area (Å²) in [4.78, 5) is 8.82. The summed E-state index contributed by atoms with van der Waals surface area (Å²) in [6.45, 7) is 6.54. The minimum Gasteiger partial charge on any atom is -0.237 e. The number of aromatic nitrogens is 3. The maximum absolute atomic E-state index is 4.41. The fourth-order valence-corrected chi connectivity index (χ4v) is 3.57. The van der Waals surface area contributed by atoms with E-state index < -0.39 is 0 Å². The van der Waals surface area contributed by atoms with Crippen LogP contribution < -0.4 is 4.57 Å². The van der Waals surface area contributed by atoms with Crippen molar-refractivity contribution >= 4 is 10.8 Å². The number of benzene rings is 2. The zero-order valence-corrected chi connectivity index (χ0v) is 15.6. The molecule has 3 heteroatoms. The van der Waals surface area contributed by atoms with E-state index in [0.717, 1.165) is 11.4 Å². The minimum absolute atomic E-state index is 0.754. The van der Waals surface area contributed by atoms with E-state index in [1.807, 2.05) is 6.07 Å². The normalized spacial score (nSPS) is 11.1. The number of aryl methyl sites for hydroxylation is 3. The van der Waals surface area contributed by atoms with Gasteiger partial charge in [0, 0.05) is 24.0 Å². The van der Waals surface area contributed by atoms with Crippen LogP contribution in [0.2, 0.25) is 0 Å². The van der Waals surface area contributed by atoms with Crippen LogP contribution in [-0.2, 0) is 7.05 Å². The van der Waals surface area contributed by atoms with Gasteiger partial charge in [0.25, 0.3) is 0 Å². The highest BCUT2D eigenvalue weighted by Gasteiger charge is 2.19. The van der Waals surface area contributed by atoms with Gasteiger partial charge in [-0.25, -0.2) is 14.5 Å². The Hall–Kier alpha value is -3.07. The molecular formula is C23H22N3+. The molecule has 26 heavy (non-hydrogen) atoms. The summed E-state index contributed by atoms with van der Waals surface area (Å²) >= 11 is 0. The highest BCUT2D eigenvalue weighted by atomic mass is 14.9. The summed E-state index contributed by atoms with van der Waals surface area (Å²) in [5.74, 6) is 0.754. The lowest BCUT2D eigenvalue weighted by Crippen LogP contribution is -2.30. The van der Waals surface area contributed by atoms with Crippen molar-refractivity contribution in [3.8, 4) is 22.6 Å². The van der Waals surface area contributed by atoms with Crippen molar-refractivity contribution in [3.05, 3.63) is 77.7 Å². The summed E-state index contributed by atoms with van der Waals surface area (Å²) in [6.07, 6.45) is 5.70. The molecule has 0 fully saturated rings. The Morgan fingerprint density at radius 2 is 1.65 bits per heavy atom. The standard InChI is InChI=1S/C23H22N3/c1-15-12-16(2)17(3)20(13-15)22-21-14-19(23-24-9-5-10-25-23)7-6-18(21)8-11-26(22)4/h5-14H,1-4H3/q+1. The van der Waals surface area contributed by atoms with Gasteiger partial charge < -0.3 is 0 Å². The highest BCUT2D eigenvalue weighted by Crippen LogP contribution is 2.32. The molecule has 0 aliphatic heterocycles. The van der Waals surface area contributed by atoms with E-state index in [9.17, 15) is 0 Å². The highest BCUT2D eigenvalue weighted by molar-refractivity contribution is 5.96. The smallest absolute Gasteiger partial charge is 0.220 e. The Morgan fingerprint density at radius 3 is 2.42 bits per heavy atom. The minimum atomic E-state index is 0.754. The van der Waals surface area contributed by atoms with E-state index >= 15 is 0 Å². The quantitative estimate of drug-likeness (QED) is 0.495. The van der Waals surface area contributed by atoms with Crippen LogP contribution in [0.3, 0.4) is 0 Å². The molecule has 2 heterocycles. The average molecular weight is 340 g/mol. The van der Waals surface area contributed by atoms with Crippen molar-refractivity contribution in [3.63, 3.8) is 0 Å². The first-order valence-corrected chi connectivity index (χ1v) is 8.82. The van der Waals surface area contributed by atoms with Crippen molar-refractivity contribution in [2.24, 2.45) is 7.05 Å². The Kier molecular flexibility index (Phi) is 4.00. The van der Waals surface area contributed by atoms with E-state index in [0.29, 0.717) is 0 Å². The summed E-state index contributed by atoms with van der Waals surface area (Å²) in [5.41, 5.74) is 7.46. The van der Waals surface area contributed by atoms with Gasteiger partial charge in [-0.15, -0.1) is 0 Å². The molecule has 4 aromatic rings. The van der Waals surface area contributed by atoms with Crippen LogP contribution in [0.5, 0.6) is 0 Å². The van der Waals surface area contributed by atoms with Crippen LogP contribution in [0, 0.1) is 20.8 Å². The van der Waals surface area contributed by atoms with Crippen molar-refractivity contribution in [1.82, 2.24) is 9.97 Å². The molecule has 0 N–H and O–H groups in total. The van der Waals surface area contributed by atoms with Gasteiger partial charge >= 0.3 is 0 Å². The summed E-state index contributed by atoms with van der Waals surface area (Å²) in [5, 5.41) is 2.43. The van der Waals surface area contributed by atoms with Crippen molar-refractivity contribution in [2.45, 2.75) is 20.8 Å². The molecule has 0 saturated heterocycles. The van der Waals surface area contributed by atoms with Crippen molar-refractivity contribution in [2.75, 3.05) is 0 Å². The molecule has 0 aliphatic rings. The van der Waals surface area contributed by atoms with Gasteiger partial charge in [-0.05, 0) is 55.5 Å². The fraction of sp³-hybridized carbons (Fsp3) is 0.174. The fourth-order valence-electron chi connectivity index (χ4n) is 3.57. The van der Waals surface area contributed by atoms with Gasteiger partial charge in [-0.3, -0.25) is 0 Å². The van der Waals surface area contributed by atoms with Crippen LogP contribution in [0.4, 0.5) is 0 Å². The number of nitrogens with zero attached hydrogens (tertiary/aromatic N) is 3. The molecular weight excluding hydrogens is 318 g/mol. The third-order valence-corrected chi connectivity index (χ3v) is 5.03. The maximum Gasteiger partial charge on any atom is 0.220 e. The van der Waals surface area contributed by atoms with E-state index in [4.69, 9.17) is 0 Å². The molecule has 0 saturated carbocycles. The van der Waals surface area contributed by atoms with Crippen LogP contribution >= 0.6 is 0 Å². The predicted octanol–water partition coefficient (Wildman–Crippen LogP) is 4.71. The maximum atomic E-state index is 4.41. The zero-order chi connectivity index (χ0) is 18.3. The lowest BCUT2D eigenvalue weighted by molar-refractivity contribution is -0.659. The average Bonchev–Trinajstić information content (AvgIpc) is 2.65. The molecule has 2 aromatic carbocycles. The second-order valence-corrected chi connectivity index (χ2v) is 6.90. The van der Waals surface area contributed by atoms with Crippen LogP contribution in [0.15, 0.2) is 61.1 Å². The third kappa shape index (κ3) is 2.76. The van der Waals surface area contributed by atoms with Crippen molar-refractivity contribution in [1.29, 1.82) is 0 Å². The summed E-state index contributed by atoms with van der Waals surface area (Å²) in [7, 11) is 2.11. The van der Waals surface area contributed by atoms with E-state index in [-0.39, 0.29) is 0 Å². The number of fused-ring (bicyclic) bond motifs is 1. The predicted molar refractivity (Wildman–Crippen MR) is 106 cm³/mol. The second kappa shape index (κ2) is 6.34. The topological polar surface area (TPSA) is 29.7 Å². The van der Waals surface area contributed by atoms with Crippen LogP contribution in [0.25, 0.3) is 33.4 Å². The number of hydrogen-bond acceptors (Lipinski definition) is 2. The van der Waals surface area contributed by atoms with E-state index in [2.05, 4.69) is 84.9 Å². The lowest BCUT2D eigenvalue weighted by Gasteiger charge is -2.12. The summed E-state index contributed by atoms with van der Waals surface area (Å²) in [6, 6.07) is 15.0. The Bertz CT molecular complexity index is 1120. The molecule has 128 valence electrons. The Labute approximate surface area is 154 Å². The number of pyridine rings is 1. The SMILES string of the molecule is Cc1cc(C)c(C)c(-c2c3cc(-c4ncccn4)ccc3cc[n+]2C)c1. The third-order valence-electron chi connectivity index (χ3n) is 5.03. The molecule has 0 aliphatic carbocycles. The van der Waals surface area contributed by atoms with Gasteiger partial charge in [-0.2, -0.15) is 0 Å². The Balaban J connectivity index is 2.04. The van der Waals surface area contributed by atoms with Crippen molar-refractivity contribution < 1.29 is 4.57 Å². The molecule has 2 aromatic heterocycles. The molecule has 0 amide bonds. The molecule has 0 radical (unpaired) electrons. The largest absolute Gasteiger partial charge is 0.237 e. The number of hydrogen-bond donors (Lipinski definition) is 0. The monoisotopic (exact) mass is 340 g/mol. The molecule has 0 unspecified atom stereocenters. The van der Waals surface area contributed by atoms with E-state index in [1.54, 1.807) is 12.4 Å². The van der Waals surface area contributed by atoms with Gasteiger partial charge in [-0.1, -0.05) is 23.8 Å². The lowest BCUT2D eigenvalue weighted by atomic mass is 9.94. The first-order valence-electron chi connectivity index (χ1n) is 8.82. The molecule has 0 bridgehead atoms. The van der Waals surface area contributed by atoms with Gasteiger partial charge in [0.15, 0.2) is 12.0 Å². The van der Waals surface area contributed by atoms with Gasteiger partial charge in [0.2, 0.25) is 5.69 Å². The van der Waals surface area contributed by atoms with Gasteiger partial charge in [0.1, 0.15) is 7.05 Å².